The van der Waals surface area contributed by atoms with Crippen LogP contribution in [-0.2, 0) is 18.0 Å². The number of carbonyl (C=O) groups is 1. The molecule has 114 valence electrons. The maximum atomic E-state index is 12.4. The molecular weight excluding hydrogens is 301 g/mol. The van der Waals surface area contributed by atoms with Gasteiger partial charge in [0.1, 0.15) is 0 Å². The van der Waals surface area contributed by atoms with Crippen molar-refractivity contribution in [2.45, 2.75) is 12.6 Å². The quantitative estimate of drug-likeness (QED) is 0.839. The molecule has 0 fully saturated rings. The number of nitrogens with zero attached hydrogens (tertiary/aromatic N) is 6. The van der Waals surface area contributed by atoms with E-state index in [4.69, 9.17) is 0 Å². The van der Waals surface area contributed by atoms with Gasteiger partial charge in [-0.25, -0.2) is 0 Å². The van der Waals surface area contributed by atoms with E-state index in [-0.39, 0.29) is 12.2 Å². The van der Waals surface area contributed by atoms with Crippen LogP contribution in [0.1, 0.15) is 17.8 Å². The maximum Gasteiger partial charge on any atom is 0.435 e. The van der Waals surface area contributed by atoms with Crippen molar-refractivity contribution in [2.24, 2.45) is 12.1 Å². The fraction of sp³-hybridized carbons (Fsp3) is 0.250. The summed E-state index contributed by atoms with van der Waals surface area (Å²) < 4.78 is 38.9. The van der Waals surface area contributed by atoms with Crippen molar-refractivity contribution in [1.29, 1.82) is 0 Å². The van der Waals surface area contributed by atoms with Crippen molar-refractivity contribution >= 4 is 17.4 Å². The Balaban J connectivity index is 1.90. The predicted molar refractivity (Wildman–Crippen MR) is 68.9 cm³/mol. The monoisotopic (exact) mass is 310 g/mol. The van der Waals surface area contributed by atoms with Gasteiger partial charge in [0.2, 0.25) is 0 Å². The summed E-state index contributed by atoms with van der Waals surface area (Å²) in [5, 5.41) is 15.5. The van der Waals surface area contributed by atoms with Crippen LogP contribution in [0.25, 0.3) is 0 Å². The number of anilines is 1. The summed E-state index contributed by atoms with van der Waals surface area (Å²) in [6, 6.07) is 3.50. The minimum absolute atomic E-state index is 0.0161. The van der Waals surface area contributed by atoms with Crippen LogP contribution < -0.4 is 5.01 Å². The highest BCUT2D eigenvalue weighted by molar-refractivity contribution is 6.18. The Morgan fingerprint density at radius 3 is 2.50 bits per heavy atom. The van der Waals surface area contributed by atoms with E-state index < -0.39 is 17.8 Å². The smallest absolute Gasteiger partial charge is 0.272 e. The zero-order chi connectivity index (χ0) is 15.9. The van der Waals surface area contributed by atoms with Gasteiger partial charge in [0.15, 0.2) is 11.5 Å². The summed E-state index contributed by atoms with van der Waals surface area (Å²) in [4.78, 5) is 12.0. The molecule has 0 aromatic carbocycles. The van der Waals surface area contributed by atoms with Crippen LogP contribution in [0.3, 0.4) is 0 Å². The summed E-state index contributed by atoms with van der Waals surface area (Å²) >= 11 is 0. The van der Waals surface area contributed by atoms with E-state index >= 15 is 0 Å². The molecule has 10 heteroatoms. The molecule has 22 heavy (non-hydrogen) atoms. The molecule has 2 aromatic heterocycles. The molecule has 0 aliphatic carbocycles. The molecule has 0 saturated heterocycles. The van der Waals surface area contributed by atoms with Gasteiger partial charge < -0.3 is 0 Å². The first-order chi connectivity index (χ1) is 10.4. The fourth-order valence-electron chi connectivity index (χ4n) is 2.00. The first kappa shape index (κ1) is 14.2. The number of hydrogen-bond acceptors (Lipinski definition) is 5. The topological polar surface area (TPSA) is 76.3 Å². The van der Waals surface area contributed by atoms with Gasteiger partial charge in [-0.3, -0.25) is 9.48 Å². The first-order valence-electron chi connectivity index (χ1n) is 6.16. The predicted octanol–water partition coefficient (Wildman–Crippen LogP) is 1.37. The number of carbonyl (C=O) groups excluding carboxylic acids is 1. The molecule has 0 N–H and O–H groups in total. The Morgan fingerprint density at radius 1 is 1.18 bits per heavy atom. The van der Waals surface area contributed by atoms with Gasteiger partial charge in [-0.1, -0.05) is 0 Å². The van der Waals surface area contributed by atoms with Crippen LogP contribution in [0.15, 0.2) is 29.5 Å². The molecule has 0 unspecified atom stereocenters. The zero-order valence-corrected chi connectivity index (χ0v) is 11.2. The molecular formula is C12H9F3N6O. The molecule has 7 nitrogen and oxygen atoms in total. The Bertz CT molecular complexity index is 749. The summed E-state index contributed by atoms with van der Waals surface area (Å²) in [6.45, 7) is 0. The normalized spacial score (nSPS) is 15.4. The second-order valence-electron chi connectivity index (χ2n) is 4.54. The summed E-state index contributed by atoms with van der Waals surface area (Å²) in [5.41, 5.74) is -0.0128. The molecule has 0 radical (unpaired) electrons. The minimum atomic E-state index is -4.58. The van der Waals surface area contributed by atoms with E-state index in [0.29, 0.717) is 11.4 Å². The average Bonchev–Trinajstić information content (AvgIpc) is 3.04. The van der Waals surface area contributed by atoms with Crippen molar-refractivity contribution in [1.82, 2.24) is 20.0 Å². The highest BCUT2D eigenvalue weighted by atomic mass is 19.4. The van der Waals surface area contributed by atoms with Crippen molar-refractivity contribution in [3.63, 3.8) is 0 Å². The van der Waals surface area contributed by atoms with Crippen LogP contribution in [0.4, 0.5) is 19.0 Å². The lowest BCUT2D eigenvalue weighted by molar-refractivity contribution is -0.141. The Morgan fingerprint density at radius 2 is 1.95 bits per heavy atom. The Kier molecular flexibility index (Phi) is 3.15. The largest absolute Gasteiger partial charge is 0.435 e. The van der Waals surface area contributed by atoms with Crippen LogP contribution in [0.5, 0.6) is 0 Å². The molecule has 1 aliphatic heterocycles. The first-order valence-corrected chi connectivity index (χ1v) is 6.16. The van der Waals surface area contributed by atoms with Gasteiger partial charge in [-0.2, -0.15) is 28.4 Å². The number of amides is 1. The van der Waals surface area contributed by atoms with Gasteiger partial charge in [-0.05, 0) is 18.2 Å². The van der Waals surface area contributed by atoms with Crippen molar-refractivity contribution in [3.05, 3.63) is 35.8 Å². The second kappa shape index (κ2) is 4.90. The van der Waals surface area contributed by atoms with Crippen molar-refractivity contribution in [3.8, 4) is 0 Å². The lowest BCUT2D eigenvalue weighted by atomic mass is 10.2. The van der Waals surface area contributed by atoms with Gasteiger partial charge in [0.05, 0.1) is 17.8 Å². The van der Waals surface area contributed by atoms with Gasteiger partial charge >= 0.3 is 6.18 Å². The molecule has 0 bridgehead atoms. The number of alkyl halides is 3. The summed E-state index contributed by atoms with van der Waals surface area (Å²) in [6.07, 6.45) is -3.01. The van der Waals surface area contributed by atoms with Gasteiger partial charge in [0.25, 0.3) is 5.91 Å². The Hall–Kier alpha value is -2.78. The maximum absolute atomic E-state index is 12.4. The van der Waals surface area contributed by atoms with E-state index in [2.05, 4.69) is 20.4 Å². The fourth-order valence-corrected chi connectivity index (χ4v) is 2.00. The third-order valence-corrected chi connectivity index (χ3v) is 3.05. The van der Waals surface area contributed by atoms with E-state index in [1.165, 1.54) is 0 Å². The molecule has 3 rings (SSSR count). The number of hydrazone groups is 1. The molecule has 2 aromatic rings. The summed E-state index contributed by atoms with van der Waals surface area (Å²) in [7, 11) is 1.70. The lowest BCUT2D eigenvalue weighted by Gasteiger charge is -2.10. The zero-order valence-electron chi connectivity index (χ0n) is 11.2. The standard InChI is InChI=1S/C12H9F3N6O/c1-20-8(4-5-16-20)7-6-11(22)21(19-7)10-3-2-9(17-18-10)12(13,14)15/h2-5H,6H2,1H3. The van der Waals surface area contributed by atoms with Gasteiger partial charge in [-0.15, -0.1) is 10.2 Å². The highest BCUT2D eigenvalue weighted by Gasteiger charge is 2.34. The van der Waals surface area contributed by atoms with Gasteiger partial charge in [0, 0.05) is 13.2 Å². The SMILES string of the molecule is Cn1nccc1C1=NN(c2ccc(C(F)(F)F)nn2)C(=O)C1. The van der Waals surface area contributed by atoms with Crippen LogP contribution >= 0.6 is 0 Å². The molecule has 0 spiro atoms. The van der Waals surface area contributed by atoms with Crippen LogP contribution in [0.2, 0.25) is 0 Å². The van der Waals surface area contributed by atoms with Crippen LogP contribution in [0, 0.1) is 0 Å². The van der Waals surface area contributed by atoms with E-state index in [1.54, 1.807) is 24.0 Å². The number of halogens is 3. The number of hydrogen-bond donors (Lipinski definition) is 0. The third-order valence-electron chi connectivity index (χ3n) is 3.05. The summed E-state index contributed by atoms with van der Waals surface area (Å²) in [5.74, 6) is -0.458. The van der Waals surface area contributed by atoms with E-state index in [0.717, 1.165) is 17.1 Å². The average molecular weight is 310 g/mol. The molecule has 1 aliphatic rings. The molecule has 0 saturated carbocycles. The molecule has 3 heterocycles. The molecule has 1 amide bonds. The Labute approximate surface area is 122 Å². The van der Waals surface area contributed by atoms with Crippen molar-refractivity contribution in [2.75, 3.05) is 5.01 Å². The minimum Gasteiger partial charge on any atom is -0.272 e. The van der Waals surface area contributed by atoms with Crippen molar-refractivity contribution < 1.29 is 18.0 Å². The van der Waals surface area contributed by atoms with Crippen LogP contribution in [-0.4, -0.2) is 31.6 Å². The van der Waals surface area contributed by atoms with E-state index in [9.17, 15) is 18.0 Å². The van der Waals surface area contributed by atoms with E-state index in [1.807, 2.05) is 0 Å². The highest BCUT2D eigenvalue weighted by Crippen LogP contribution is 2.28. The second-order valence-corrected chi connectivity index (χ2v) is 4.54. The lowest BCUT2D eigenvalue weighted by Crippen LogP contribution is -2.21. The molecule has 0 atom stereocenters. The number of rotatable bonds is 2. The number of aromatic nitrogens is 4. The third kappa shape index (κ3) is 2.43. The number of aryl methyl sites for hydroxylation is 1.